The molecule has 1 saturated carbocycles. The van der Waals surface area contributed by atoms with Crippen LogP contribution in [0.5, 0.6) is 0 Å². The first-order valence-corrected chi connectivity index (χ1v) is 8.16. The lowest BCUT2D eigenvalue weighted by molar-refractivity contribution is 0.134. The maximum Gasteiger partial charge on any atom is 0.0348 e. The van der Waals surface area contributed by atoms with Gasteiger partial charge in [0.1, 0.15) is 0 Å². The van der Waals surface area contributed by atoms with Crippen LogP contribution in [0.4, 0.5) is 0 Å². The Hall–Kier alpha value is -0.820. The first-order valence-electron chi connectivity index (χ1n) is 8.16. The molecule has 1 atom stereocenters. The van der Waals surface area contributed by atoms with E-state index in [9.17, 15) is 0 Å². The molecule has 1 nitrogen and oxygen atoms in total. The van der Waals surface area contributed by atoms with E-state index < -0.39 is 0 Å². The van der Waals surface area contributed by atoms with Crippen LogP contribution in [0.15, 0.2) is 24.3 Å². The third kappa shape index (κ3) is 3.44. The van der Waals surface area contributed by atoms with Crippen LogP contribution in [0, 0.1) is 24.2 Å². The molecule has 0 heterocycles. The third-order valence-electron chi connectivity index (χ3n) is 5.30. The van der Waals surface area contributed by atoms with Crippen molar-refractivity contribution in [1.29, 1.82) is 0 Å². The lowest BCUT2D eigenvalue weighted by Gasteiger charge is -2.39. The molecule has 0 spiro atoms. The highest BCUT2D eigenvalue weighted by molar-refractivity contribution is 5.29. The summed E-state index contributed by atoms with van der Waals surface area (Å²) in [4.78, 5) is 0. The molecule has 0 saturated heterocycles. The summed E-state index contributed by atoms with van der Waals surface area (Å²) in [5.74, 6) is 1.69. The quantitative estimate of drug-likeness (QED) is 0.807. The summed E-state index contributed by atoms with van der Waals surface area (Å²) in [5.41, 5.74) is 3.39. The largest absolute Gasteiger partial charge is 0.313 e. The fourth-order valence-corrected chi connectivity index (χ4v) is 3.90. The topological polar surface area (TPSA) is 12.0 Å². The highest BCUT2D eigenvalue weighted by atomic mass is 14.9. The molecule has 1 aromatic carbocycles. The van der Waals surface area contributed by atoms with Gasteiger partial charge >= 0.3 is 0 Å². The summed E-state index contributed by atoms with van der Waals surface area (Å²) in [5, 5.41) is 3.58. The smallest absolute Gasteiger partial charge is 0.0348 e. The van der Waals surface area contributed by atoms with Crippen LogP contribution >= 0.6 is 0 Å². The number of hydrogen-bond donors (Lipinski definition) is 1. The molecule has 0 radical (unpaired) electrons. The van der Waals surface area contributed by atoms with E-state index in [1.165, 1.54) is 36.8 Å². The summed E-state index contributed by atoms with van der Waals surface area (Å²) in [7, 11) is 2.12. The fourth-order valence-electron chi connectivity index (χ4n) is 3.90. The molecular formula is C19H31N. The van der Waals surface area contributed by atoms with Crippen molar-refractivity contribution in [2.45, 2.75) is 59.4 Å². The number of aryl methyl sites for hydroxylation is 1. The van der Waals surface area contributed by atoms with Gasteiger partial charge in [-0.2, -0.15) is 0 Å². The van der Waals surface area contributed by atoms with Crippen molar-refractivity contribution >= 4 is 0 Å². The Morgan fingerprint density at radius 3 is 2.15 bits per heavy atom. The second kappa shape index (κ2) is 6.30. The molecule has 20 heavy (non-hydrogen) atoms. The molecule has 1 fully saturated rings. The lowest BCUT2D eigenvalue weighted by atomic mass is 9.68. The highest BCUT2D eigenvalue weighted by Crippen LogP contribution is 2.43. The van der Waals surface area contributed by atoms with Crippen molar-refractivity contribution < 1.29 is 0 Å². The molecule has 0 bridgehead atoms. The van der Waals surface area contributed by atoms with Crippen molar-refractivity contribution in [2.75, 3.05) is 7.05 Å². The zero-order valence-corrected chi connectivity index (χ0v) is 13.9. The van der Waals surface area contributed by atoms with Gasteiger partial charge in [-0.3, -0.25) is 0 Å². The van der Waals surface area contributed by atoms with Crippen molar-refractivity contribution in [3.63, 3.8) is 0 Å². The van der Waals surface area contributed by atoms with Gasteiger partial charge < -0.3 is 5.32 Å². The zero-order valence-electron chi connectivity index (χ0n) is 13.9. The van der Waals surface area contributed by atoms with E-state index in [1.54, 1.807) is 0 Å². The Balaban J connectivity index is 2.06. The Kier molecular flexibility index (Phi) is 4.90. The van der Waals surface area contributed by atoms with Crippen LogP contribution < -0.4 is 5.32 Å². The van der Waals surface area contributed by atoms with Crippen LogP contribution in [0.3, 0.4) is 0 Å². The molecule has 1 aliphatic rings. The Morgan fingerprint density at radius 1 is 1.05 bits per heavy atom. The zero-order chi connectivity index (χ0) is 14.8. The van der Waals surface area contributed by atoms with Gasteiger partial charge in [-0.15, -0.1) is 0 Å². The summed E-state index contributed by atoms with van der Waals surface area (Å²) >= 11 is 0. The van der Waals surface area contributed by atoms with E-state index in [-0.39, 0.29) is 0 Å². The van der Waals surface area contributed by atoms with Crippen molar-refractivity contribution in [2.24, 2.45) is 17.3 Å². The maximum atomic E-state index is 3.58. The molecule has 0 aliphatic heterocycles. The number of hydrogen-bond acceptors (Lipinski definition) is 1. The summed E-state index contributed by atoms with van der Waals surface area (Å²) < 4.78 is 0. The van der Waals surface area contributed by atoms with E-state index in [2.05, 4.69) is 64.3 Å². The summed E-state index contributed by atoms with van der Waals surface area (Å²) in [6.07, 6.45) is 5.50. The molecule has 0 aromatic heterocycles. The second-order valence-corrected chi connectivity index (χ2v) is 7.60. The van der Waals surface area contributed by atoms with Crippen molar-refractivity contribution in [3.8, 4) is 0 Å². The van der Waals surface area contributed by atoms with E-state index in [4.69, 9.17) is 0 Å². The maximum absolute atomic E-state index is 3.58. The highest BCUT2D eigenvalue weighted by Gasteiger charge is 2.33. The van der Waals surface area contributed by atoms with E-state index in [0.29, 0.717) is 11.5 Å². The molecule has 1 unspecified atom stereocenters. The molecule has 0 amide bonds. The molecule has 1 heteroatoms. The standard InChI is InChI=1S/C19H31N/c1-14-8-6-7-9-17(14)18(20-5)15-10-12-16(13-11-15)19(2,3)4/h6-9,15-16,18,20H,10-13H2,1-5H3. The van der Waals surface area contributed by atoms with Gasteiger partial charge in [0.05, 0.1) is 0 Å². The second-order valence-electron chi connectivity index (χ2n) is 7.60. The molecule has 1 aromatic rings. The minimum Gasteiger partial charge on any atom is -0.313 e. The van der Waals surface area contributed by atoms with Gasteiger partial charge in [0, 0.05) is 6.04 Å². The number of nitrogens with one attached hydrogen (secondary N) is 1. The van der Waals surface area contributed by atoms with Crippen molar-refractivity contribution in [3.05, 3.63) is 35.4 Å². The van der Waals surface area contributed by atoms with Gasteiger partial charge in [-0.05, 0) is 68.0 Å². The van der Waals surface area contributed by atoms with Crippen molar-refractivity contribution in [1.82, 2.24) is 5.32 Å². The van der Waals surface area contributed by atoms with Gasteiger partial charge in [0.2, 0.25) is 0 Å². The summed E-state index contributed by atoms with van der Waals surface area (Å²) in [6.45, 7) is 9.43. The van der Waals surface area contributed by atoms with Gasteiger partial charge in [-0.25, -0.2) is 0 Å². The van der Waals surface area contributed by atoms with Crippen LogP contribution in [-0.4, -0.2) is 7.05 Å². The predicted molar refractivity (Wildman–Crippen MR) is 87.9 cm³/mol. The minimum atomic E-state index is 0.475. The lowest BCUT2D eigenvalue weighted by Crippen LogP contribution is -2.32. The van der Waals surface area contributed by atoms with E-state index >= 15 is 0 Å². The molecular weight excluding hydrogens is 242 g/mol. The van der Waals surface area contributed by atoms with E-state index in [1.807, 2.05) is 0 Å². The Morgan fingerprint density at radius 2 is 1.65 bits per heavy atom. The van der Waals surface area contributed by atoms with Crippen LogP contribution in [0.1, 0.15) is 63.6 Å². The van der Waals surface area contributed by atoms with Gasteiger partial charge in [0.15, 0.2) is 0 Å². The molecule has 2 rings (SSSR count). The monoisotopic (exact) mass is 273 g/mol. The van der Waals surface area contributed by atoms with E-state index in [0.717, 1.165) is 11.8 Å². The molecule has 1 N–H and O–H groups in total. The van der Waals surface area contributed by atoms with Gasteiger partial charge in [-0.1, -0.05) is 45.0 Å². The first kappa shape index (κ1) is 15.6. The Bertz CT molecular complexity index is 422. The van der Waals surface area contributed by atoms with Crippen LogP contribution in [0.25, 0.3) is 0 Å². The summed E-state index contributed by atoms with van der Waals surface area (Å²) in [6, 6.07) is 9.37. The van der Waals surface area contributed by atoms with Crippen LogP contribution in [-0.2, 0) is 0 Å². The normalized spacial score (nSPS) is 25.4. The number of benzene rings is 1. The predicted octanol–water partition coefficient (Wildman–Crippen LogP) is 5.11. The Labute approximate surface area is 125 Å². The third-order valence-corrected chi connectivity index (χ3v) is 5.30. The average Bonchev–Trinajstić information content (AvgIpc) is 2.41. The van der Waals surface area contributed by atoms with Crippen LogP contribution in [0.2, 0.25) is 0 Å². The molecule has 1 aliphatic carbocycles. The SMILES string of the molecule is CNC(c1ccccc1C)C1CCC(C(C)(C)C)CC1. The van der Waals surface area contributed by atoms with Gasteiger partial charge in [0.25, 0.3) is 0 Å². The number of rotatable bonds is 3. The first-order chi connectivity index (χ1) is 9.43. The molecule has 112 valence electrons. The fraction of sp³-hybridized carbons (Fsp3) is 0.684. The average molecular weight is 273 g/mol. The minimum absolute atomic E-state index is 0.475.